The summed E-state index contributed by atoms with van der Waals surface area (Å²) in [6.07, 6.45) is -3.87. The number of hydrogen-bond acceptors (Lipinski definition) is 5. The van der Waals surface area contributed by atoms with Crippen molar-refractivity contribution in [2.75, 3.05) is 19.6 Å². The second-order valence-corrected chi connectivity index (χ2v) is 9.94. The van der Waals surface area contributed by atoms with Crippen molar-refractivity contribution in [1.29, 1.82) is 0 Å². The van der Waals surface area contributed by atoms with Crippen molar-refractivity contribution < 1.29 is 32.4 Å². The molecule has 1 unspecified atom stereocenters. The Balaban J connectivity index is 1.52. The Labute approximate surface area is 220 Å². The number of carbonyl (C=O) groups excluding carboxylic acids is 3. The van der Waals surface area contributed by atoms with E-state index >= 15 is 0 Å². The van der Waals surface area contributed by atoms with E-state index in [0.717, 1.165) is 10.5 Å². The van der Waals surface area contributed by atoms with Crippen molar-refractivity contribution in [1.82, 2.24) is 9.80 Å². The van der Waals surface area contributed by atoms with E-state index in [1.165, 1.54) is 0 Å². The highest BCUT2D eigenvalue weighted by atomic mass is 35.5. The fourth-order valence-electron chi connectivity index (χ4n) is 4.34. The Morgan fingerprint density at radius 3 is 2.27 bits per heavy atom. The van der Waals surface area contributed by atoms with Gasteiger partial charge in [0.15, 0.2) is 5.60 Å². The number of hydrogen-bond donors (Lipinski definition) is 0. The van der Waals surface area contributed by atoms with E-state index in [4.69, 9.17) is 28.0 Å². The first-order valence-corrected chi connectivity index (χ1v) is 12.1. The van der Waals surface area contributed by atoms with Crippen molar-refractivity contribution >= 4 is 46.6 Å². The maximum atomic E-state index is 13.1. The predicted octanol–water partition coefficient (Wildman–Crippen LogP) is 4.97. The molecule has 0 bridgehead atoms. The lowest BCUT2D eigenvalue weighted by Gasteiger charge is -2.33. The highest BCUT2D eigenvalue weighted by Crippen LogP contribution is 2.38. The summed E-state index contributed by atoms with van der Waals surface area (Å²) in [6.45, 7) is 0.778. The molecule has 0 spiro atoms. The molecule has 196 valence electrons. The summed E-state index contributed by atoms with van der Waals surface area (Å²) >= 11 is 12.3. The van der Waals surface area contributed by atoms with Gasteiger partial charge in [-0.1, -0.05) is 41.3 Å². The lowest BCUT2D eigenvalue weighted by atomic mass is 9.88. The molecule has 2 aromatic carbocycles. The molecule has 2 aliphatic heterocycles. The van der Waals surface area contributed by atoms with Gasteiger partial charge in [0, 0.05) is 27.6 Å². The minimum atomic E-state index is -4.72. The number of halogens is 5. The van der Waals surface area contributed by atoms with Gasteiger partial charge in [-0.05, 0) is 54.8 Å². The Morgan fingerprint density at radius 1 is 1.08 bits per heavy atom. The molecule has 1 saturated heterocycles. The van der Waals surface area contributed by atoms with Gasteiger partial charge in [-0.25, -0.2) is 0 Å². The Hall–Kier alpha value is -3.11. The van der Waals surface area contributed by atoms with Crippen LogP contribution in [0.3, 0.4) is 0 Å². The molecule has 4 rings (SSSR count). The van der Waals surface area contributed by atoms with Crippen LogP contribution < -0.4 is 0 Å². The number of aryl methyl sites for hydroxylation is 1. The van der Waals surface area contributed by atoms with E-state index in [9.17, 15) is 27.6 Å². The van der Waals surface area contributed by atoms with Crippen LogP contribution in [0.2, 0.25) is 10.0 Å². The third kappa shape index (κ3) is 5.75. The largest absolute Gasteiger partial charge is 0.406 e. The van der Waals surface area contributed by atoms with Crippen LogP contribution in [-0.2, 0) is 26.4 Å². The quantitative estimate of drug-likeness (QED) is 0.488. The first-order valence-electron chi connectivity index (χ1n) is 11.3. The minimum Gasteiger partial charge on any atom is -0.384 e. The van der Waals surface area contributed by atoms with E-state index in [1.807, 2.05) is 13.8 Å². The number of benzene rings is 2. The molecular weight excluding hydrogens is 534 g/mol. The van der Waals surface area contributed by atoms with Gasteiger partial charge in [-0.15, -0.1) is 0 Å². The molecule has 2 aromatic rings. The molecule has 0 aromatic heterocycles. The molecule has 0 saturated carbocycles. The fraction of sp³-hybridized carbons (Fsp3) is 0.360. The van der Waals surface area contributed by atoms with E-state index in [1.54, 1.807) is 36.4 Å². The summed E-state index contributed by atoms with van der Waals surface area (Å²) in [7, 11) is 0. The molecular formula is C25H22Cl2F3N3O4. The van der Waals surface area contributed by atoms with Gasteiger partial charge in [0.1, 0.15) is 19.6 Å². The van der Waals surface area contributed by atoms with Gasteiger partial charge in [0.2, 0.25) is 11.8 Å². The molecule has 3 amide bonds. The van der Waals surface area contributed by atoms with Crippen molar-refractivity contribution in [2.45, 2.75) is 38.5 Å². The zero-order valence-corrected chi connectivity index (χ0v) is 21.4. The van der Waals surface area contributed by atoms with Crippen LogP contribution >= 0.6 is 23.2 Å². The molecule has 1 fully saturated rings. The monoisotopic (exact) mass is 555 g/mol. The summed E-state index contributed by atoms with van der Waals surface area (Å²) in [4.78, 5) is 44.4. The molecule has 0 radical (unpaired) electrons. The maximum Gasteiger partial charge on any atom is 0.406 e. The first kappa shape index (κ1) is 26.9. The number of rotatable bonds is 5. The van der Waals surface area contributed by atoms with E-state index < -0.39 is 49.1 Å². The van der Waals surface area contributed by atoms with Crippen molar-refractivity contribution in [2.24, 2.45) is 5.16 Å². The average molecular weight is 556 g/mol. The van der Waals surface area contributed by atoms with Gasteiger partial charge in [-0.2, -0.15) is 13.2 Å². The summed E-state index contributed by atoms with van der Waals surface area (Å²) in [5, 5.41) is 5.17. The number of carbonyl (C=O) groups is 3. The second-order valence-electron chi connectivity index (χ2n) is 9.07. The number of nitrogens with zero attached hydrogens (tertiary/aromatic N) is 3. The van der Waals surface area contributed by atoms with Crippen LogP contribution in [0, 0.1) is 0 Å². The van der Waals surface area contributed by atoms with Gasteiger partial charge in [0.05, 0.1) is 5.71 Å². The van der Waals surface area contributed by atoms with Crippen LogP contribution in [0.15, 0.2) is 41.6 Å². The smallest absolute Gasteiger partial charge is 0.384 e. The van der Waals surface area contributed by atoms with Gasteiger partial charge in [-0.3, -0.25) is 19.3 Å². The van der Waals surface area contributed by atoms with E-state index in [2.05, 4.69) is 5.16 Å². The lowest BCUT2D eigenvalue weighted by Crippen LogP contribution is -2.57. The molecule has 37 heavy (non-hydrogen) atoms. The molecule has 1 atom stereocenters. The average Bonchev–Trinajstić information content (AvgIpc) is 3.22. The minimum absolute atomic E-state index is 0.135. The fourth-order valence-corrected chi connectivity index (χ4v) is 4.87. The third-order valence-electron chi connectivity index (χ3n) is 6.26. The highest BCUT2D eigenvalue weighted by molar-refractivity contribution is 6.34. The molecule has 12 heteroatoms. The topological polar surface area (TPSA) is 79.3 Å². The maximum absolute atomic E-state index is 13.1. The SMILES string of the molecule is CCc1cc(C2=NOC(C)(c3cc(Cl)cc(Cl)c3)C2)ccc1C(=O)N1CC(=O)N(CC(F)(F)F)C(=O)C1. The van der Waals surface area contributed by atoms with E-state index in [-0.39, 0.29) is 10.5 Å². The number of amides is 3. The van der Waals surface area contributed by atoms with Gasteiger partial charge < -0.3 is 9.74 Å². The number of alkyl halides is 3. The molecule has 0 aliphatic carbocycles. The summed E-state index contributed by atoms with van der Waals surface area (Å²) < 4.78 is 38.1. The van der Waals surface area contributed by atoms with E-state index in [0.29, 0.717) is 39.7 Å². The predicted molar refractivity (Wildman–Crippen MR) is 131 cm³/mol. The highest BCUT2D eigenvalue weighted by Gasteiger charge is 2.41. The summed E-state index contributed by atoms with van der Waals surface area (Å²) in [5.74, 6) is -2.76. The van der Waals surface area contributed by atoms with Crippen LogP contribution in [-0.4, -0.2) is 59.0 Å². The lowest BCUT2D eigenvalue weighted by molar-refractivity contribution is -0.174. The van der Waals surface area contributed by atoms with Crippen LogP contribution in [0.5, 0.6) is 0 Å². The Bertz CT molecular complexity index is 1280. The second kappa shape index (κ2) is 9.98. The van der Waals surface area contributed by atoms with Gasteiger partial charge in [0.25, 0.3) is 5.91 Å². The first-order chi connectivity index (χ1) is 17.3. The number of imide groups is 1. The normalized spacial score (nSPS) is 20.2. The third-order valence-corrected chi connectivity index (χ3v) is 6.70. The Morgan fingerprint density at radius 2 is 1.70 bits per heavy atom. The molecule has 7 nitrogen and oxygen atoms in total. The summed E-state index contributed by atoms with van der Waals surface area (Å²) in [5.41, 5.74) is 2.18. The standard InChI is InChI=1S/C25H22Cl2F3N3O4/c1-3-14-6-15(20-10-24(2,37-31-20)16-7-17(26)9-18(27)8-16)4-5-19(14)23(36)32-11-21(34)33(22(35)12-32)13-25(28,29)30/h4-9H,3,10-13H2,1-2H3. The van der Waals surface area contributed by atoms with Crippen molar-refractivity contribution in [3.05, 3.63) is 68.7 Å². The van der Waals surface area contributed by atoms with Gasteiger partial charge >= 0.3 is 6.18 Å². The van der Waals surface area contributed by atoms with Crippen molar-refractivity contribution in [3.63, 3.8) is 0 Å². The summed E-state index contributed by atoms with van der Waals surface area (Å²) in [6, 6.07) is 10.1. The van der Waals surface area contributed by atoms with Crippen LogP contribution in [0.4, 0.5) is 13.2 Å². The number of piperazine rings is 1. The molecule has 2 aliphatic rings. The Kier molecular flexibility index (Phi) is 7.27. The molecule has 2 heterocycles. The van der Waals surface area contributed by atoms with Crippen LogP contribution in [0.1, 0.15) is 47.3 Å². The zero-order chi connectivity index (χ0) is 27.1. The number of oxime groups is 1. The van der Waals surface area contributed by atoms with Crippen LogP contribution in [0.25, 0.3) is 0 Å². The molecule has 0 N–H and O–H groups in total. The zero-order valence-electron chi connectivity index (χ0n) is 19.9. The van der Waals surface area contributed by atoms with Crippen molar-refractivity contribution in [3.8, 4) is 0 Å².